The molecular weight excluding hydrogens is 326 g/mol. The van der Waals surface area contributed by atoms with Crippen molar-refractivity contribution in [2.45, 2.75) is 25.5 Å². The Balaban J connectivity index is 2.43. The molecule has 0 aromatic heterocycles. The predicted molar refractivity (Wildman–Crippen MR) is 78.6 cm³/mol. The van der Waals surface area contributed by atoms with Gasteiger partial charge >= 0.3 is 12.1 Å². The lowest BCUT2D eigenvalue weighted by atomic mass is 10.2. The van der Waals surface area contributed by atoms with E-state index in [0.717, 1.165) is 17.3 Å². The number of nitrogens with one attached hydrogen (secondary N) is 1. The van der Waals surface area contributed by atoms with Crippen LogP contribution in [0.5, 0.6) is 0 Å². The Morgan fingerprint density at radius 3 is 2.60 bits per heavy atom. The molecule has 0 radical (unpaired) electrons. The molecule has 0 saturated carbocycles. The van der Waals surface area contributed by atoms with Gasteiger partial charge in [-0.15, -0.1) is 0 Å². The molecule has 5 nitrogen and oxygen atoms in total. The zero-order valence-electron chi connectivity index (χ0n) is 11.3. The third-order valence-corrected chi connectivity index (χ3v) is 3.18. The molecule has 0 fully saturated rings. The topological polar surface area (TPSA) is 64.6 Å². The van der Waals surface area contributed by atoms with Gasteiger partial charge in [0.05, 0.1) is 7.11 Å². The highest BCUT2D eigenvalue weighted by Crippen LogP contribution is 2.04. The van der Waals surface area contributed by atoms with Crippen molar-refractivity contribution in [3.8, 4) is 0 Å². The van der Waals surface area contributed by atoms with E-state index < -0.39 is 18.1 Å². The Labute approximate surface area is 126 Å². The average molecular weight is 344 g/mol. The van der Waals surface area contributed by atoms with Crippen molar-refractivity contribution in [1.82, 2.24) is 5.32 Å². The van der Waals surface area contributed by atoms with Gasteiger partial charge in [0.25, 0.3) is 0 Å². The minimum atomic E-state index is -0.680. The third-order valence-electron chi connectivity index (χ3n) is 2.62. The van der Waals surface area contributed by atoms with E-state index in [4.69, 9.17) is 4.74 Å². The van der Waals surface area contributed by atoms with Crippen LogP contribution in [0, 0.1) is 0 Å². The second-order valence-electron chi connectivity index (χ2n) is 4.11. The maximum Gasteiger partial charge on any atom is 0.408 e. The first kappa shape index (κ1) is 16.5. The van der Waals surface area contributed by atoms with Gasteiger partial charge in [-0.2, -0.15) is 0 Å². The Kier molecular flexibility index (Phi) is 7.72. The summed E-state index contributed by atoms with van der Waals surface area (Å²) in [5, 5.41) is 3.27. The molecule has 0 unspecified atom stereocenters. The van der Waals surface area contributed by atoms with Crippen LogP contribution in [-0.2, 0) is 20.9 Å². The zero-order valence-corrected chi connectivity index (χ0v) is 12.9. The Morgan fingerprint density at radius 2 is 2.00 bits per heavy atom. The number of halogens is 1. The minimum absolute atomic E-state index is 0.166. The number of hydrogen-bond donors (Lipinski definition) is 1. The number of ether oxygens (including phenoxy) is 2. The number of methoxy groups -OCH3 is 1. The van der Waals surface area contributed by atoms with Crippen LogP contribution in [0.25, 0.3) is 0 Å². The van der Waals surface area contributed by atoms with Crippen LogP contribution in [0.3, 0.4) is 0 Å². The lowest BCUT2D eigenvalue weighted by Crippen LogP contribution is -2.41. The van der Waals surface area contributed by atoms with Crippen LogP contribution in [0.1, 0.15) is 18.4 Å². The van der Waals surface area contributed by atoms with Crippen molar-refractivity contribution in [2.75, 3.05) is 12.4 Å². The number of amides is 1. The molecule has 0 bridgehead atoms. The van der Waals surface area contributed by atoms with Gasteiger partial charge < -0.3 is 14.8 Å². The summed E-state index contributed by atoms with van der Waals surface area (Å²) in [5.74, 6) is -0.470. The van der Waals surface area contributed by atoms with E-state index in [1.807, 2.05) is 30.3 Å². The van der Waals surface area contributed by atoms with Crippen LogP contribution in [0.2, 0.25) is 0 Å². The number of hydrogen-bond acceptors (Lipinski definition) is 4. The maximum atomic E-state index is 11.7. The highest BCUT2D eigenvalue weighted by atomic mass is 79.9. The average Bonchev–Trinajstić information content (AvgIpc) is 2.49. The lowest BCUT2D eigenvalue weighted by Gasteiger charge is -2.15. The van der Waals surface area contributed by atoms with Gasteiger partial charge in [-0.3, -0.25) is 0 Å². The van der Waals surface area contributed by atoms with Crippen molar-refractivity contribution in [3.05, 3.63) is 35.9 Å². The summed E-state index contributed by atoms with van der Waals surface area (Å²) in [6.07, 6.45) is 0.621. The molecular formula is C14H18BrNO4. The van der Waals surface area contributed by atoms with Gasteiger partial charge in [-0.05, 0) is 18.4 Å². The standard InChI is InChI=1S/C14H18BrNO4/c1-19-13(17)12(8-5-9-15)16-14(18)20-10-11-6-3-2-4-7-11/h2-4,6-7,12H,5,8-10H2,1H3,(H,16,18)/t12-/m1/s1. The van der Waals surface area contributed by atoms with E-state index in [1.54, 1.807) is 0 Å². The fourth-order valence-corrected chi connectivity index (χ4v) is 1.90. The third kappa shape index (κ3) is 6.06. The number of carbonyl (C=O) groups is 2. The molecule has 1 rings (SSSR count). The highest BCUT2D eigenvalue weighted by Gasteiger charge is 2.21. The monoisotopic (exact) mass is 343 g/mol. The molecule has 0 aliphatic heterocycles. The molecule has 6 heteroatoms. The first-order valence-corrected chi connectivity index (χ1v) is 7.40. The number of carbonyl (C=O) groups excluding carboxylic acids is 2. The second-order valence-corrected chi connectivity index (χ2v) is 4.91. The van der Waals surface area contributed by atoms with Crippen LogP contribution >= 0.6 is 15.9 Å². The van der Waals surface area contributed by atoms with Crippen molar-refractivity contribution in [2.24, 2.45) is 0 Å². The Morgan fingerprint density at radius 1 is 1.30 bits per heavy atom. The van der Waals surface area contributed by atoms with Crippen LogP contribution in [0.4, 0.5) is 4.79 Å². The van der Waals surface area contributed by atoms with Crippen molar-refractivity contribution in [1.29, 1.82) is 0 Å². The fourth-order valence-electron chi connectivity index (χ4n) is 1.58. The van der Waals surface area contributed by atoms with Gasteiger partial charge in [0, 0.05) is 5.33 Å². The summed E-state index contributed by atoms with van der Waals surface area (Å²) in [6.45, 7) is 0.166. The molecule has 1 aromatic carbocycles. The molecule has 0 saturated heterocycles. The molecule has 1 amide bonds. The Hall–Kier alpha value is -1.56. The summed E-state index contributed by atoms with van der Waals surface area (Å²) in [6, 6.07) is 8.65. The predicted octanol–water partition coefficient (Wildman–Crippen LogP) is 2.63. The quantitative estimate of drug-likeness (QED) is 0.610. The number of alkyl carbamates (subject to hydrolysis) is 1. The van der Waals surface area contributed by atoms with Gasteiger partial charge in [0.1, 0.15) is 12.6 Å². The smallest absolute Gasteiger partial charge is 0.408 e. The zero-order chi connectivity index (χ0) is 14.8. The SMILES string of the molecule is COC(=O)[C@@H](CCCBr)NC(=O)OCc1ccccc1. The van der Waals surface area contributed by atoms with E-state index in [0.29, 0.717) is 6.42 Å². The van der Waals surface area contributed by atoms with Gasteiger partial charge in [0.2, 0.25) is 0 Å². The van der Waals surface area contributed by atoms with E-state index in [9.17, 15) is 9.59 Å². The minimum Gasteiger partial charge on any atom is -0.467 e. The van der Waals surface area contributed by atoms with Crippen molar-refractivity contribution < 1.29 is 19.1 Å². The van der Waals surface area contributed by atoms with Gasteiger partial charge in [-0.1, -0.05) is 46.3 Å². The first-order chi connectivity index (χ1) is 9.67. The van der Waals surface area contributed by atoms with Crippen LogP contribution in [0.15, 0.2) is 30.3 Å². The number of rotatable bonds is 7. The molecule has 1 atom stereocenters. The molecule has 0 heterocycles. The van der Waals surface area contributed by atoms with Crippen LogP contribution < -0.4 is 5.32 Å². The molecule has 0 aliphatic carbocycles. The van der Waals surface area contributed by atoms with Crippen molar-refractivity contribution in [3.63, 3.8) is 0 Å². The van der Waals surface area contributed by atoms with Crippen molar-refractivity contribution >= 4 is 28.0 Å². The van der Waals surface area contributed by atoms with E-state index in [2.05, 4.69) is 26.0 Å². The maximum absolute atomic E-state index is 11.7. The summed E-state index contributed by atoms with van der Waals surface area (Å²) in [7, 11) is 1.29. The highest BCUT2D eigenvalue weighted by molar-refractivity contribution is 9.09. The van der Waals surface area contributed by atoms with Gasteiger partial charge in [0.15, 0.2) is 0 Å². The summed E-state index contributed by atoms with van der Waals surface area (Å²) in [5.41, 5.74) is 0.887. The number of benzene rings is 1. The number of alkyl halides is 1. The Bertz CT molecular complexity index is 424. The lowest BCUT2D eigenvalue weighted by molar-refractivity contribution is -0.143. The van der Waals surface area contributed by atoms with E-state index in [1.165, 1.54) is 7.11 Å². The summed E-state index contributed by atoms with van der Waals surface area (Å²) < 4.78 is 9.71. The molecule has 110 valence electrons. The summed E-state index contributed by atoms with van der Waals surface area (Å²) >= 11 is 3.28. The second kappa shape index (κ2) is 9.36. The molecule has 1 aromatic rings. The fraction of sp³-hybridized carbons (Fsp3) is 0.429. The van der Waals surface area contributed by atoms with E-state index >= 15 is 0 Å². The molecule has 1 N–H and O–H groups in total. The summed E-state index contributed by atoms with van der Waals surface area (Å²) in [4.78, 5) is 23.2. The van der Waals surface area contributed by atoms with Crippen LogP contribution in [-0.4, -0.2) is 30.5 Å². The normalized spacial score (nSPS) is 11.5. The van der Waals surface area contributed by atoms with Gasteiger partial charge in [-0.25, -0.2) is 9.59 Å². The van der Waals surface area contributed by atoms with E-state index in [-0.39, 0.29) is 6.61 Å². The molecule has 0 spiro atoms. The molecule has 20 heavy (non-hydrogen) atoms. The first-order valence-electron chi connectivity index (χ1n) is 6.28. The number of esters is 1. The largest absolute Gasteiger partial charge is 0.467 e. The molecule has 0 aliphatic rings.